The maximum absolute atomic E-state index is 12.5. The first-order valence-corrected chi connectivity index (χ1v) is 9.80. The second-order valence-corrected chi connectivity index (χ2v) is 7.88. The van der Waals surface area contributed by atoms with Crippen LogP contribution in [0.5, 0.6) is 0 Å². The molecule has 2 aromatic rings. The molecule has 7 heteroatoms. The van der Waals surface area contributed by atoms with Gasteiger partial charge in [0.25, 0.3) is 5.91 Å². The number of hydrogen-bond donors (Lipinski definition) is 2. The molecule has 1 amide bonds. The van der Waals surface area contributed by atoms with E-state index >= 15 is 0 Å². The first-order valence-electron chi connectivity index (χ1n) is 7.90. The van der Waals surface area contributed by atoms with Crippen LogP contribution in [0.1, 0.15) is 40.0 Å². The van der Waals surface area contributed by atoms with Gasteiger partial charge in [0.1, 0.15) is 0 Å². The van der Waals surface area contributed by atoms with Crippen molar-refractivity contribution in [2.24, 2.45) is 0 Å². The highest BCUT2D eigenvalue weighted by atomic mass is 32.2. The number of nitrogens with one attached hydrogen (secondary N) is 2. The molecular formula is C18H20N2O4S. The van der Waals surface area contributed by atoms with Crippen molar-refractivity contribution >= 4 is 21.6 Å². The van der Waals surface area contributed by atoms with E-state index in [0.29, 0.717) is 30.0 Å². The fraction of sp³-hybridized carbons (Fsp3) is 0.278. The zero-order valence-electron chi connectivity index (χ0n) is 14.1. The third kappa shape index (κ3) is 4.18. The summed E-state index contributed by atoms with van der Waals surface area (Å²) in [5.41, 5.74) is 3.85. The Morgan fingerprint density at radius 1 is 1.12 bits per heavy atom. The second-order valence-electron chi connectivity index (χ2n) is 6.13. The number of amides is 1. The Morgan fingerprint density at radius 2 is 1.84 bits per heavy atom. The van der Waals surface area contributed by atoms with Crippen molar-refractivity contribution in [3.8, 4) is 0 Å². The molecule has 0 aliphatic carbocycles. The summed E-state index contributed by atoms with van der Waals surface area (Å²) < 4.78 is 30.9. The van der Waals surface area contributed by atoms with Crippen molar-refractivity contribution in [1.82, 2.24) is 5.32 Å². The standard InChI is InChI=1S/C18H20N2O4S/c1-12(16-5-3-4-6-17(16)20-25(2,22)23)19-18(21)13-7-8-14-10-24-11-15(14)9-13/h3-9,12,20H,10-11H2,1-2H3,(H,19,21). The van der Waals surface area contributed by atoms with E-state index < -0.39 is 10.0 Å². The topological polar surface area (TPSA) is 84.5 Å². The van der Waals surface area contributed by atoms with Gasteiger partial charge in [-0.25, -0.2) is 8.42 Å². The number of para-hydroxylation sites is 1. The van der Waals surface area contributed by atoms with Crippen molar-refractivity contribution in [3.05, 3.63) is 64.7 Å². The molecule has 2 aromatic carbocycles. The second kappa shape index (κ2) is 6.85. The minimum absolute atomic E-state index is 0.212. The highest BCUT2D eigenvalue weighted by Crippen LogP contribution is 2.25. The van der Waals surface area contributed by atoms with E-state index in [2.05, 4.69) is 10.0 Å². The molecular weight excluding hydrogens is 340 g/mol. The van der Waals surface area contributed by atoms with Crippen molar-refractivity contribution in [1.29, 1.82) is 0 Å². The fourth-order valence-electron chi connectivity index (χ4n) is 2.84. The Kier molecular flexibility index (Phi) is 4.78. The molecule has 0 saturated carbocycles. The van der Waals surface area contributed by atoms with Crippen LogP contribution < -0.4 is 10.0 Å². The van der Waals surface area contributed by atoms with Crippen molar-refractivity contribution in [3.63, 3.8) is 0 Å². The monoisotopic (exact) mass is 360 g/mol. The molecule has 25 heavy (non-hydrogen) atoms. The predicted octanol–water partition coefficient (Wildman–Crippen LogP) is 2.58. The summed E-state index contributed by atoms with van der Waals surface area (Å²) in [6.07, 6.45) is 1.10. The number of ether oxygens (including phenoxy) is 1. The molecule has 0 fully saturated rings. The van der Waals surface area contributed by atoms with Crippen LogP contribution in [0, 0.1) is 0 Å². The number of anilines is 1. The Labute approximate surface area is 147 Å². The van der Waals surface area contributed by atoms with Crippen molar-refractivity contribution in [2.45, 2.75) is 26.2 Å². The van der Waals surface area contributed by atoms with Gasteiger partial charge in [-0.2, -0.15) is 0 Å². The molecule has 1 aliphatic heterocycles. The molecule has 1 unspecified atom stereocenters. The molecule has 1 heterocycles. The largest absolute Gasteiger partial charge is 0.372 e. The molecule has 0 radical (unpaired) electrons. The number of carbonyl (C=O) groups is 1. The van der Waals surface area contributed by atoms with Gasteiger partial charge in [0, 0.05) is 5.56 Å². The maximum atomic E-state index is 12.5. The molecule has 3 rings (SSSR count). The SMILES string of the molecule is CC(NC(=O)c1ccc2c(c1)COC2)c1ccccc1NS(C)(=O)=O. The zero-order chi connectivity index (χ0) is 18.0. The van der Waals surface area contributed by atoms with E-state index in [1.807, 2.05) is 19.1 Å². The Morgan fingerprint density at radius 3 is 2.60 bits per heavy atom. The van der Waals surface area contributed by atoms with Crippen LogP contribution in [0.25, 0.3) is 0 Å². The molecule has 132 valence electrons. The minimum atomic E-state index is -3.40. The van der Waals surface area contributed by atoms with Gasteiger partial charge in [-0.05, 0) is 41.8 Å². The van der Waals surface area contributed by atoms with Crippen molar-refractivity contribution < 1.29 is 17.9 Å². The average Bonchev–Trinajstić information content (AvgIpc) is 3.01. The lowest BCUT2D eigenvalue weighted by atomic mass is 10.0. The van der Waals surface area contributed by atoms with Crippen LogP contribution in [0.15, 0.2) is 42.5 Å². The smallest absolute Gasteiger partial charge is 0.251 e. The molecule has 1 aliphatic rings. The number of benzene rings is 2. The van der Waals surface area contributed by atoms with Gasteiger partial charge in [0.2, 0.25) is 10.0 Å². The quantitative estimate of drug-likeness (QED) is 0.858. The molecule has 0 spiro atoms. The number of sulfonamides is 1. The Balaban J connectivity index is 1.78. The summed E-state index contributed by atoms with van der Waals surface area (Å²) in [5, 5.41) is 2.92. The van der Waals surface area contributed by atoms with Gasteiger partial charge >= 0.3 is 0 Å². The maximum Gasteiger partial charge on any atom is 0.251 e. The summed E-state index contributed by atoms with van der Waals surface area (Å²) in [7, 11) is -3.40. The summed E-state index contributed by atoms with van der Waals surface area (Å²) in [6, 6.07) is 12.2. The molecule has 2 N–H and O–H groups in total. The molecule has 0 aromatic heterocycles. The zero-order valence-corrected chi connectivity index (χ0v) is 14.9. The highest BCUT2D eigenvalue weighted by Gasteiger charge is 2.18. The molecule has 1 atom stereocenters. The highest BCUT2D eigenvalue weighted by molar-refractivity contribution is 7.92. The lowest BCUT2D eigenvalue weighted by Crippen LogP contribution is -2.27. The van der Waals surface area contributed by atoms with E-state index in [0.717, 1.165) is 17.4 Å². The van der Waals surface area contributed by atoms with Crippen LogP contribution in [0.2, 0.25) is 0 Å². The summed E-state index contributed by atoms with van der Waals surface area (Å²) >= 11 is 0. The summed E-state index contributed by atoms with van der Waals surface area (Å²) in [4.78, 5) is 12.5. The van der Waals surface area contributed by atoms with E-state index in [1.165, 1.54) is 0 Å². The van der Waals surface area contributed by atoms with Crippen LogP contribution in [-0.4, -0.2) is 20.6 Å². The van der Waals surface area contributed by atoms with E-state index in [4.69, 9.17) is 4.74 Å². The van der Waals surface area contributed by atoms with Crippen molar-refractivity contribution in [2.75, 3.05) is 11.0 Å². The van der Waals surface area contributed by atoms with Gasteiger partial charge < -0.3 is 10.1 Å². The van der Waals surface area contributed by atoms with Crippen LogP contribution >= 0.6 is 0 Å². The fourth-order valence-corrected chi connectivity index (χ4v) is 3.42. The first kappa shape index (κ1) is 17.4. The lowest BCUT2D eigenvalue weighted by Gasteiger charge is -2.18. The van der Waals surface area contributed by atoms with Gasteiger partial charge in [-0.3, -0.25) is 9.52 Å². The number of hydrogen-bond acceptors (Lipinski definition) is 4. The number of carbonyl (C=O) groups excluding carboxylic acids is 1. The van der Waals surface area contributed by atoms with Crippen LogP contribution in [-0.2, 0) is 28.0 Å². The Hall–Kier alpha value is -2.38. The van der Waals surface area contributed by atoms with Crippen LogP contribution in [0.4, 0.5) is 5.69 Å². The molecule has 0 saturated heterocycles. The van der Waals surface area contributed by atoms with E-state index in [-0.39, 0.29) is 11.9 Å². The molecule has 6 nitrogen and oxygen atoms in total. The van der Waals surface area contributed by atoms with Crippen LogP contribution in [0.3, 0.4) is 0 Å². The van der Waals surface area contributed by atoms with E-state index in [9.17, 15) is 13.2 Å². The van der Waals surface area contributed by atoms with Gasteiger partial charge in [0.05, 0.1) is 31.2 Å². The third-order valence-electron chi connectivity index (χ3n) is 4.05. The lowest BCUT2D eigenvalue weighted by molar-refractivity contribution is 0.0940. The average molecular weight is 360 g/mol. The Bertz CT molecular complexity index is 909. The van der Waals surface area contributed by atoms with Gasteiger partial charge in [-0.1, -0.05) is 24.3 Å². The minimum Gasteiger partial charge on any atom is -0.372 e. The number of fused-ring (bicyclic) bond motifs is 1. The summed E-state index contributed by atoms with van der Waals surface area (Å²) in [6.45, 7) is 2.92. The van der Waals surface area contributed by atoms with Gasteiger partial charge in [-0.15, -0.1) is 0 Å². The van der Waals surface area contributed by atoms with Gasteiger partial charge in [0.15, 0.2) is 0 Å². The molecule has 0 bridgehead atoms. The normalized spacial score (nSPS) is 14.6. The number of rotatable bonds is 5. The summed E-state index contributed by atoms with van der Waals surface area (Å²) in [5.74, 6) is -0.212. The third-order valence-corrected chi connectivity index (χ3v) is 4.64. The van der Waals surface area contributed by atoms with E-state index in [1.54, 1.807) is 30.3 Å². The predicted molar refractivity (Wildman–Crippen MR) is 95.7 cm³/mol. The first-order chi connectivity index (χ1) is 11.8.